The van der Waals surface area contributed by atoms with Crippen LogP contribution in [0.4, 0.5) is 0 Å². The summed E-state index contributed by atoms with van der Waals surface area (Å²) in [4.78, 5) is 4.28. The molecule has 0 bridgehead atoms. The zero-order valence-corrected chi connectivity index (χ0v) is 10.8. The molecule has 0 radical (unpaired) electrons. The van der Waals surface area contributed by atoms with Crippen LogP contribution in [-0.2, 0) is 6.42 Å². The molecular weight excluding hydrogens is 170 g/mol. The Morgan fingerprint density at radius 3 is 1.57 bits per heavy atom. The van der Waals surface area contributed by atoms with Crippen molar-refractivity contribution in [2.45, 2.75) is 54.9 Å². The van der Waals surface area contributed by atoms with Gasteiger partial charge in [0.15, 0.2) is 0 Å². The highest BCUT2D eigenvalue weighted by Crippen LogP contribution is 2.04. The van der Waals surface area contributed by atoms with Gasteiger partial charge in [-0.3, -0.25) is 4.98 Å². The molecule has 0 aliphatic heterocycles. The molecule has 0 saturated carbocycles. The molecule has 82 valence electrons. The number of hydrogen-bond donors (Lipinski definition) is 0. The summed E-state index contributed by atoms with van der Waals surface area (Å²) >= 11 is 0. The zero-order valence-electron chi connectivity index (χ0n) is 10.8. The van der Waals surface area contributed by atoms with E-state index in [9.17, 15) is 0 Å². The molecule has 0 aromatic carbocycles. The van der Waals surface area contributed by atoms with Crippen LogP contribution < -0.4 is 0 Å². The topological polar surface area (TPSA) is 12.9 Å². The number of nitrogens with zero attached hydrogens (tertiary/aromatic N) is 1. The maximum atomic E-state index is 4.28. The second kappa shape index (κ2) is 10.2. The van der Waals surface area contributed by atoms with E-state index in [1.54, 1.807) is 0 Å². The maximum Gasteiger partial charge on any atom is 0.0378 e. The fourth-order valence-electron chi connectivity index (χ4n) is 1.13. The maximum absolute atomic E-state index is 4.28. The molecule has 1 rings (SSSR count). The fourth-order valence-corrected chi connectivity index (χ4v) is 1.13. The fraction of sp³-hybridized carbons (Fsp3) is 0.615. The molecule has 1 heterocycles. The lowest BCUT2D eigenvalue weighted by Crippen LogP contribution is -1.89. The molecule has 0 aliphatic rings. The molecule has 0 atom stereocenters. The van der Waals surface area contributed by atoms with Crippen LogP contribution in [0.15, 0.2) is 12.1 Å². The van der Waals surface area contributed by atoms with Gasteiger partial charge in [0.1, 0.15) is 0 Å². The summed E-state index contributed by atoms with van der Waals surface area (Å²) in [6, 6.07) is 4.26. The Morgan fingerprint density at radius 1 is 0.929 bits per heavy atom. The Hall–Kier alpha value is -0.850. The molecule has 1 heteroatoms. The van der Waals surface area contributed by atoms with Crippen molar-refractivity contribution < 1.29 is 0 Å². The molecule has 0 saturated heterocycles. The largest absolute Gasteiger partial charge is 0.258 e. The van der Waals surface area contributed by atoms with Crippen molar-refractivity contribution in [3.8, 4) is 0 Å². The molecule has 1 aromatic rings. The summed E-state index contributed by atoms with van der Waals surface area (Å²) in [5.74, 6) is 0. The number of hydrogen-bond acceptors (Lipinski definition) is 1. The molecule has 0 unspecified atom stereocenters. The predicted octanol–water partition coefficient (Wildman–Crippen LogP) is 4.31. The summed E-state index contributed by atoms with van der Waals surface area (Å²) in [5.41, 5.74) is 3.62. The van der Waals surface area contributed by atoms with Gasteiger partial charge in [-0.25, -0.2) is 0 Å². The van der Waals surface area contributed by atoms with E-state index in [1.165, 1.54) is 5.56 Å². The van der Waals surface area contributed by atoms with E-state index in [0.29, 0.717) is 0 Å². The van der Waals surface area contributed by atoms with E-state index in [-0.39, 0.29) is 0 Å². The standard InChI is InChI=1S/C9H13N.2C2H6/c1-4-9-5-7(2)10-8(3)6-9;2*1-2/h5-6H,4H2,1-3H3;2*1-2H3. The van der Waals surface area contributed by atoms with Crippen LogP contribution in [0.3, 0.4) is 0 Å². The molecule has 14 heavy (non-hydrogen) atoms. The van der Waals surface area contributed by atoms with Crippen LogP contribution >= 0.6 is 0 Å². The zero-order chi connectivity index (χ0) is 11.6. The van der Waals surface area contributed by atoms with Gasteiger partial charge >= 0.3 is 0 Å². The molecular formula is C13H25N. The average molecular weight is 195 g/mol. The van der Waals surface area contributed by atoms with E-state index >= 15 is 0 Å². The van der Waals surface area contributed by atoms with Gasteiger partial charge in [0, 0.05) is 11.4 Å². The van der Waals surface area contributed by atoms with Crippen molar-refractivity contribution in [2.75, 3.05) is 0 Å². The van der Waals surface area contributed by atoms with Crippen LogP contribution in [0.1, 0.15) is 51.6 Å². The third-order valence-electron chi connectivity index (χ3n) is 1.55. The van der Waals surface area contributed by atoms with Crippen LogP contribution in [-0.4, -0.2) is 4.98 Å². The summed E-state index contributed by atoms with van der Waals surface area (Å²) in [7, 11) is 0. The molecule has 0 amide bonds. The van der Waals surface area contributed by atoms with E-state index in [0.717, 1.165) is 17.8 Å². The summed E-state index contributed by atoms with van der Waals surface area (Å²) < 4.78 is 0. The molecule has 0 fully saturated rings. The Balaban J connectivity index is 0. The number of pyridine rings is 1. The van der Waals surface area contributed by atoms with Gasteiger partial charge in [0.05, 0.1) is 0 Å². The van der Waals surface area contributed by atoms with Crippen molar-refractivity contribution in [2.24, 2.45) is 0 Å². The minimum absolute atomic E-state index is 1.10. The highest BCUT2D eigenvalue weighted by molar-refractivity contribution is 5.19. The molecule has 1 nitrogen and oxygen atoms in total. The number of aryl methyl sites for hydroxylation is 3. The van der Waals surface area contributed by atoms with Crippen molar-refractivity contribution >= 4 is 0 Å². The normalized spacial score (nSPS) is 7.93. The van der Waals surface area contributed by atoms with Crippen molar-refractivity contribution in [3.63, 3.8) is 0 Å². The minimum atomic E-state index is 1.10. The van der Waals surface area contributed by atoms with E-state index in [2.05, 4.69) is 24.0 Å². The van der Waals surface area contributed by atoms with Crippen LogP contribution in [0.5, 0.6) is 0 Å². The first-order valence-electron chi connectivity index (χ1n) is 5.66. The Morgan fingerprint density at radius 2 is 1.29 bits per heavy atom. The van der Waals surface area contributed by atoms with Gasteiger partial charge in [0.25, 0.3) is 0 Å². The third-order valence-corrected chi connectivity index (χ3v) is 1.55. The Bertz CT molecular complexity index is 208. The molecule has 0 spiro atoms. The van der Waals surface area contributed by atoms with Gasteiger partial charge in [-0.2, -0.15) is 0 Å². The molecule has 1 aromatic heterocycles. The first-order chi connectivity index (χ1) is 6.72. The van der Waals surface area contributed by atoms with Crippen molar-refractivity contribution in [1.82, 2.24) is 4.98 Å². The highest BCUT2D eigenvalue weighted by Gasteiger charge is 1.92. The van der Waals surface area contributed by atoms with Gasteiger partial charge in [-0.15, -0.1) is 0 Å². The van der Waals surface area contributed by atoms with Gasteiger partial charge in [-0.1, -0.05) is 34.6 Å². The minimum Gasteiger partial charge on any atom is -0.258 e. The lowest BCUT2D eigenvalue weighted by Gasteiger charge is -1.99. The summed E-state index contributed by atoms with van der Waals surface area (Å²) in [6.45, 7) is 14.2. The Kier molecular flexibility index (Phi) is 11.4. The summed E-state index contributed by atoms with van der Waals surface area (Å²) in [5, 5.41) is 0. The highest BCUT2D eigenvalue weighted by atomic mass is 14.7. The quantitative estimate of drug-likeness (QED) is 0.650. The van der Waals surface area contributed by atoms with E-state index < -0.39 is 0 Å². The smallest absolute Gasteiger partial charge is 0.0378 e. The first kappa shape index (κ1) is 15.6. The molecule has 0 aliphatic carbocycles. The lowest BCUT2D eigenvalue weighted by atomic mass is 10.1. The second-order valence-corrected chi connectivity index (χ2v) is 2.61. The second-order valence-electron chi connectivity index (χ2n) is 2.61. The van der Waals surface area contributed by atoms with Crippen molar-refractivity contribution in [3.05, 3.63) is 29.1 Å². The van der Waals surface area contributed by atoms with E-state index in [1.807, 2.05) is 41.5 Å². The first-order valence-corrected chi connectivity index (χ1v) is 5.66. The van der Waals surface area contributed by atoms with Gasteiger partial charge in [-0.05, 0) is 38.0 Å². The van der Waals surface area contributed by atoms with Crippen LogP contribution in [0.25, 0.3) is 0 Å². The SMILES string of the molecule is CC.CC.CCc1cc(C)nc(C)c1. The van der Waals surface area contributed by atoms with Gasteiger partial charge in [0.2, 0.25) is 0 Å². The molecule has 0 N–H and O–H groups in total. The number of rotatable bonds is 1. The lowest BCUT2D eigenvalue weighted by molar-refractivity contribution is 1.05. The third kappa shape index (κ3) is 6.64. The number of aromatic nitrogens is 1. The summed E-state index contributed by atoms with van der Waals surface area (Å²) in [6.07, 6.45) is 1.10. The average Bonchev–Trinajstić information content (AvgIpc) is 2.22. The van der Waals surface area contributed by atoms with Crippen LogP contribution in [0, 0.1) is 13.8 Å². The monoisotopic (exact) mass is 195 g/mol. The Labute approximate surface area is 89.6 Å². The van der Waals surface area contributed by atoms with E-state index in [4.69, 9.17) is 0 Å². The van der Waals surface area contributed by atoms with Gasteiger partial charge < -0.3 is 0 Å². The predicted molar refractivity (Wildman–Crippen MR) is 65.8 cm³/mol. The van der Waals surface area contributed by atoms with Crippen molar-refractivity contribution in [1.29, 1.82) is 0 Å². The van der Waals surface area contributed by atoms with Crippen LogP contribution in [0.2, 0.25) is 0 Å².